The van der Waals surface area contributed by atoms with Crippen molar-refractivity contribution in [2.75, 3.05) is 13.6 Å². The van der Waals surface area contributed by atoms with Crippen molar-refractivity contribution < 1.29 is 9.32 Å². The Morgan fingerprint density at radius 2 is 2.62 bits per heavy atom. The van der Waals surface area contributed by atoms with Crippen molar-refractivity contribution in [3.63, 3.8) is 0 Å². The summed E-state index contributed by atoms with van der Waals surface area (Å²) in [6.45, 7) is 1.06. The number of hydrogen-bond acceptors (Lipinski definition) is 4. The Kier molecular flexibility index (Phi) is 2.14. The van der Waals surface area contributed by atoms with Crippen LogP contribution in [-0.4, -0.2) is 29.9 Å². The molecular formula is C9H12N2O2. The van der Waals surface area contributed by atoms with E-state index in [2.05, 4.69) is 10.1 Å². The lowest BCUT2D eigenvalue weighted by Gasteiger charge is -2.16. The summed E-state index contributed by atoms with van der Waals surface area (Å²) >= 11 is 0. The first-order chi connectivity index (χ1) is 6.33. The molecule has 1 aromatic rings. The molecule has 0 N–H and O–H groups in total. The SMILES string of the molecule is CN1CCCC1c1oncc1C=O. The lowest BCUT2D eigenvalue weighted by atomic mass is 10.1. The maximum Gasteiger partial charge on any atom is 0.164 e. The van der Waals surface area contributed by atoms with Gasteiger partial charge in [-0.2, -0.15) is 0 Å². The Morgan fingerprint density at radius 3 is 3.23 bits per heavy atom. The van der Waals surface area contributed by atoms with E-state index in [9.17, 15) is 4.79 Å². The van der Waals surface area contributed by atoms with Crippen molar-refractivity contribution in [2.45, 2.75) is 18.9 Å². The molecule has 1 unspecified atom stereocenters. The molecule has 2 rings (SSSR count). The fourth-order valence-electron chi connectivity index (χ4n) is 1.84. The van der Waals surface area contributed by atoms with E-state index in [1.165, 1.54) is 6.20 Å². The van der Waals surface area contributed by atoms with Gasteiger partial charge >= 0.3 is 0 Å². The Hall–Kier alpha value is -1.16. The predicted molar refractivity (Wildman–Crippen MR) is 46.5 cm³/mol. The van der Waals surface area contributed by atoms with Crippen LogP contribution in [0, 0.1) is 0 Å². The van der Waals surface area contributed by atoms with Crippen LogP contribution < -0.4 is 0 Å². The second kappa shape index (κ2) is 3.30. The highest BCUT2D eigenvalue weighted by molar-refractivity contribution is 5.75. The highest BCUT2D eigenvalue weighted by atomic mass is 16.5. The summed E-state index contributed by atoms with van der Waals surface area (Å²) < 4.78 is 5.09. The Bertz CT molecular complexity index is 308. The molecule has 0 saturated carbocycles. The third-order valence-electron chi connectivity index (χ3n) is 2.58. The number of likely N-dealkylation sites (tertiary alicyclic amines) is 1. The summed E-state index contributed by atoms with van der Waals surface area (Å²) in [6, 6.07) is 0.239. The lowest BCUT2D eigenvalue weighted by Crippen LogP contribution is -2.17. The number of carbonyl (C=O) groups excluding carboxylic acids is 1. The van der Waals surface area contributed by atoms with Crippen LogP contribution in [0.5, 0.6) is 0 Å². The van der Waals surface area contributed by atoms with Gasteiger partial charge in [0.1, 0.15) is 0 Å². The van der Waals surface area contributed by atoms with Crippen LogP contribution >= 0.6 is 0 Å². The fourth-order valence-corrected chi connectivity index (χ4v) is 1.84. The molecule has 4 heteroatoms. The molecule has 0 spiro atoms. The lowest BCUT2D eigenvalue weighted by molar-refractivity contribution is 0.111. The van der Waals surface area contributed by atoms with E-state index in [1.807, 2.05) is 7.05 Å². The first-order valence-electron chi connectivity index (χ1n) is 4.43. The van der Waals surface area contributed by atoms with Gasteiger partial charge in [0.2, 0.25) is 0 Å². The summed E-state index contributed by atoms with van der Waals surface area (Å²) in [5.41, 5.74) is 0.582. The van der Waals surface area contributed by atoms with E-state index in [-0.39, 0.29) is 6.04 Å². The molecule has 4 nitrogen and oxygen atoms in total. The van der Waals surface area contributed by atoms with Crippen molar-refractivity contribution in [1.29, 1.82) is 0 Å². The first kappa shape index (κ1) is 8.44. The highest BCUT2D eigenvalue weighted by Gasteiger charge is 2.27. The normalized spacial score (nSPS) is 23.6. The minimum absolute atomic E-state index is 0.239. The molecular weight excluding hydrogens is 168 g/mol. The zero-order chi connectivity index (χ0) is 9.26. The number of hydrogen-bond donors (Lipinski definition) is 0. The van der Waals surface area contributed by atoms with Gasteiger partial charge in [-0.15, -0.1) is 0 Å². The van der Waals surface area contributed by atoms with Gasteiger partial charge in [-0.05, 0) is 26.4 Å². The van der Waals surface area contributed by atoms with Gasteiger partial charge in [0, 0.05) is 0 Å². The smallest absolute Gasteiger partial charge is 0.164 e. The van der Waals surface area contributed by atoms with E-state index in [1.54, 1.807) is 0 Å². The zero-order valence-corrected chi connectivity index (χ0v) is 7.56. The van der Waals surface area contributed by atoms with Crippen LogP contribution in [-0.2, 0) is 0 Å². The summed E-state index contributed by atoms with van der Waals surface area (Å²) in [5.74, 6) is 0.718. The second-order valence-corrected chi connectivity index (χ2v) is 3.40. The van der Waals surface area contributed by atoms with Gasteiger partial charge < -0.3 is 4.52 Å². The van der Waals surface area contributed by atoms with E-state index in [4.69, 9.17) is 4.52 Å². The molecule has 1 fully saturated rings. The molecule has 1 saturated heterocycles. The maximum absolute atomic E-state index is 10.6. The molecule has 0 bridgehead atoms. The standard InChI is InChI=1S/C9H12N2O2/c1-11-4-2-3-8(11)9-7(6-12)5-10-13-9/h5-6,8H,2-4H2,1H3. The second-order valence-electron chi connectivity index (χ2n) is 3.40. The Morgan fingerprint density at radius 1 is 1.77 bits per heavy atom. The fraction of sp³-hybridized carbons (Fsp3) is 0.556. The number of aromatic nitrogens is 1. The van der Waals surface area contributed by atoms with Gasteiger partial charge in [0.25, 0.3) is 0 Å². The summed E-state index contributed by atoms with van der Waals surface area (Å²) in [4.78, 5) is 12.8. The number of aldehydes is 1. The molecule has 1 aliphatic heterocycles. The van der Waals surface area contributed by atoms with Crippen molar-refractivity contribution in [1.82, 2.24) is 10.1 Å². The van der Waals surface area contributed by atoms with Gasteiger partial charge in [-0.3, -0.25) is 9.69 Å². The van der Waals surface area contributed by atoms with Crippen molar-refractivity contribution in [3.05, 3.63) is 17.5 Å². The summed E-state index contributed by atoms with van der Waals surface area (Å²) in [7, 11) is 2.04. The average molecular weight is 180 g/mol. The van der Waals surface area contributed by atoms with Gasteiger partial charge in [0.15, 0.2) is 12.0 Å². The Balaban J connectivity index is 2.28. The third kappa shape index (κ3) is 1.37. The van der Waals surface area contributed by atoms with Gasteiger partial charge in [0.05, 0.1) is 17.8 Å². The highest BCUT2D eigenvalue weighted by Crippen LogP contribution is 2.31. The molecule has 1 aliphatic rings. The minimum Gasteiger partial charge on any atom is -0.359 e. The third-order valence-corrected chi connectivity index (χ3v) is 2.58. The van der Waals surface area contributed by atoms with Crippen LogP contribution in [0.4, 0.5) is 0 Å². The van der Waals surface area contributed by atoms with Crippen molar-refractivity contribution in [2.24, 2.45) is 0 Å². The molecule has 0 aromatic carbocycles. The van der Waals surface area contributed by atoms with Crippen molar-refractivity contribution in [3.8, 4) is 0 Å². The monoisotopic (exact) mass is 180 g/mol. The maximum atomic E-state index is 10.6. The molecule has 1 aromatic heterocycles. The number of nitrogens with zero attached hydrogens (tertiary/aromatic N) is 2. The largest absolute Gasteiger partial charge is 0.359 e. The topological polar surface area (TPSA) is 46.3 Å². The van der Waals surface area contributed by atoms with Crippen LogP contribution in [0.2, 0.25) is 0 Å². The molecule has 13 heavy (non-hydrogen) atoms. The van der Waals surface area contributed by atoms with Gasteiger partial charge in [-0.1, -0.05) is 5.16 Å². The molecule has 2 heterocycles. The quantitative estimate of drug-likeness (QED) is 0.643. The molecule has 70 valence electrons. The molecule has 0 amide bonds. The number of rotatable bonds is 2. The summed E-state index contributed by atoms with van der Waals surface area (Å²) in [5, 5.41) is 3.64. The summed E-state index contributed by atoms with van der Waals surface area (Å²) in [6.07, 6.45) is 4.49. The molecule has 1 atom stereocenters. The van der Waals surface area contributed by atoms with E-state index in [0.717, 1.165) is 31.4 Å². The van der Waals surface area contributed by atoms with Crippen LogP contribution in [0.25, 0.3) is 0 Å². The van der Waals surface area contributed by atoms with Crippen LogP contribution in [0.3, 0.4) is 0 Å². The Labute approximate surface area is 76.5 Å². The molecule has 0 radical (unpaired) electrons. The van der Waals surface area contributed by atoms with Crippen molar-refractivity contribution >= 4 is 6.29 Å². The van der Waals surface area contributed by atoms with Gasteiger partial charge in [-0.25, -0.2) is 0 Å². The van der Waals surface area contributed by atoms with E-state index < -0.39 is 0 Å². The average Bonchev–Trinajstić information content (AvgIpc) is 2.71. The molecule has 0 aliphatic carbocycles. The number of carbonyl (C=O) groups is 1. The first-order valence-corrected chi connectivity index (χ1v) is 4.43. The minimum atomic E-state index is 0.239. The van der Waals surface area contributed by atoms with E-state index in [0.29, 0.717) is 5.56 Å². The predicted octanol–water partition coefficient (Wildman–Crippen LogP) is 1.25. The zero-order valence-electron chi connectivity index (χ0n) is 7.56. The van der Waals surface area contributed by atoms with Crippen LogP contribution in [0.1, 0.15) is 35.0 Å². The van der Waals surface area contributed by atoms with E-state index >= 15 is 0 Å². The van der Waals surface area contributed by atoms with Crippen LogP contribution in [0.15, 0.2) is 10.7 Å².